The molecule has 2 amide bonds. The summed E-state index contributed by atoms with van der Waals surface area (Å²) in [4.78, 5) is 19.3. The van der Waals surface area contributed by atoms with Gasteiger partial charge in [0.15, 0.2) is 21.3 Å². The first-order valence-corrected chi connectivity index (χ1v) is 11.3. The van der Waals surface area contributed by atoms with Crippen molar-refractivity contribution in [3.63, 3.8) is 0 Å². The lowest BCUT2D eigenvalue weighted by Crippen LogP contribution is -2.35. The largest absolute Gasteiger partial charge is 0.480 e. The minimum Gasteiger partial charge on any atom is -0.480 e. The highest BCUT2D eigenvalue weighted by Gasteiger charge is 2.27. The van der Waals surface area contributed by atoms with Crippen molar-refractivity contribution in [1.82, 2.24) is 19.0 Å². The van der Waals surface area contributed by atoms with Gasteiger partial charge in [0.05, 0.1) is 19.1 Å². The molecule has 0 radical (unpaired) electrons. The molecule has 3 N–H and O–H groups in total. The van der Waals surface area contributed by atoms with Crippen LogP contribution < -0.4 is 19.5 Å². The van der Waals surface area contributed by atoms with E-state index in [1.54, 1.807) is 6.07 Å². The number of rotatable bonds is 7. The Morgan fingerprint density at radius 3 is 2.26 bits per heavy atom. The Morgan fingerprint density at radius 2 is 1.74 bits per heavy atom. The number of methoxy groups -OCH3 is 2. The van der Waals surface area contributed by atoms with Crippen molar-refractivity contribution in [3.8, 4) is 18.0 Å². The number of carbonyl (C=O) groups excluding carboxylic acids is 1. The van der Waals surface area contributed by atoms with Gasteiger partial charge >= 0.3 is 12.0 Å². The van der Waals surface area contributed by atoms with Crippen LogP contribution in [0.2, 0.25) is 0 Å². The van der Waals surface area contributed by atoms with Crippen LogP contribution in [-0.4, -0.2) is 61.2 Å². The van der Waals surface area contributed by atoms with Crippen LogP contribution in [-0.2, 0) is 19.9 Å². The van der Waals surface area contributed by atoms with E-state index in [-0.39, 0.29) is 23.3 Å². The molecule has 31 heavy (non-hydrogen) atoms. The number of aromatic nitrogens is 2. The van der Waals surface area contributed by atoms with Crippen LogP contribution in [0.3, 0.4) is 0 Å². The average Bonchev–Trinajstić information content (AvgIpc) is 2.72. The van der Waals surface area contributed by atoms with Crippen molar-refractivity contribution < 1.29 is 26.9 Å². The molecule has 2 rings (SSSR count). The molecule has 1 atom stereocenters. The zero-order valence-electron chi connectivity index (χ0n) is 16.9. The molecule has 0 aliphatic heterocycles. The Bertz CT molecular complexity index is 1250. The number of urea groups is 1. The van der Waals surface area contributed by atoms with Crippen LogP contribution in [0, 0.1) is 16.1 Å². The van der Waals surface area contributed by atoms with Crippen molar-refractivity contribution in [2.45, 2.75) is 9.79 Å². The van der Waals surface area contributed by atoms with E-state index in [4.69, 9.17) is 14.3 Å². The highest BCUT2D eigenvalue weighted by Crippen LogP contribution is 2.26. The van der Waals surface area contributed by atoms with Gasteiger partial charge in [-0.3, -0.25) is 5.32 Å². The van der Waals surface area contributed by atoms with Gasteiger partial charge in [-0.25, -0.2) is 31.2 Å². The summed E-state index contributed by atoms with van der Waals surface area (Å²) in [5, 5.41) is 11.5. The smallest absolute Gasteiger partial charge is 0.333 e. The van der Waals surface area contributed by atoms with Crippen LogP contribution in [0.15, 0.2) is 34.1 Å². The summed E-state index contributed by atoms with van der Waals surface area (Å²) < 4.78 is 58.7. The van der Waals surface area contributed by atoms with Crippen LogP contribution in [0.4, 0.5) is 10.6 Å². The maximum Gasteiger partial charge on any atom is 0.333 e. The standard InChI is InChI=1S/C16H19N7O6S2/c1-23(2)31(26,27)12-8-6-5-7-11(12)30(18,25)22-15(24)19-13-10(9-17)14(28-3)21-16(20-13)29-4/h5-8H,1-4H3,(H3,18,19,20,21,22,24,25). The number of sulfonamides is 1. The van der Waals surface area contributed by atoms with E-state index in [1.165, 1.54) is 46.5 Å². The normalized spacial score (nSPS) is 13.0. The summed E-state index contributed by atoms with van der Waals surface area (Å²) in [6.45, 7) is 0. The van der Waals surface area contributed by atoms with Crippen LogP contribution in [0.25, 0.3) is 0 Å². The molecule has 0 bridgehead atoms. The van der Waals surface area contributed by atoms with Gasteiger partial charge in [0.2, 0.25) is 15.9 Å². The fraction of sp³-hybridized carbons (Fsp3) is 0.250. The average molecular weight is 470 g/mol. The van der Waals surface area contributed by atoms with Crippen LogP contribution in [0.5, 0.6) is 11.9 Å². The van der Waals surface area contributed by atoms with E-state index in [9.17, 15) is 22.7 Å². The van der Waals surface area contributed by atoms with Crippen LogP contribution in [0.1, 0.15) is 5.56 Å². The molecular formula is C16H19N7O6S2. The third kappa shape index (κ3) is 4.99. The quantitative estimate of drug-likeness (QED) is 0.526. The number of benzene rings is 1. The first-order chi connectivity index (χ1) is 14.5. The molecule has 13 nitrogen and oxygen atoms in total. The van der Waals surface area contributed by atoms with E-state index >= 15 is 0 Å². The molecule has 166 valence electrons. The zero-order valence-corrected chi connectivity index (χ0v) is 18.5. The monoisotopic (exact) mass is 469 g/mol. The second-order valence-electron chi connectivity index (χ2n) is 5.90. The lowest BCUT2D eigenvalue weighted by Gasteiger charge is -2.17. The van der Waals surface area contributed by atoms with Crippen molar-refractivity contribution >= 4 is 31.8 Å². The molecule has 1 heterocycles. The van der Waals surface area contributed by atoms with E-state index in [1.807, 2.05) is 4.72 Å². The number of carbonyl (C=O) groups is 1. The molecule has 1 unspecified atom stereocenters. The molecule has 0 aliphatic rings. The Kier molecular flexibility index (Phi) is 7.00. The fourth-order valence-corrected chi connectivity index (χ4v) is 4.94. The first-order valence-electron chi connectivity index (χ1n) is 8.27. The topological polar surface area (TPSA) is 187 Å². The number of ether oxygens (including phenoxy) is 2. The number of nitrogens with zero attached hydrogens (tertiary/aromatic N) is 4. The third-order valence-corrected chi connectivity index (χ3v) is 7.18. The van der Waals surface area contributed by atoms with E-state index < -0.39 is 35.8 Å². The second-order valence-corrected chi connectivity index (χ2v) is 9.78. The lowest BCUT2D eigenvalue weighted by molar-refractivity contribution is 0.256. The first kappa shape index (κ1) is 23.8. The Labute approximate surface area is 179 Å². The molecular weight excluding hydrogens is 450 g/mol. The van der Waals surface area contributed by atoms with Gasteiger partial charge in [0.1, 0.15) is 11.0 Å². The molecule has 15 heteroatoms. The predicted octanol–water partition coefficient (Wildman–Crippen LogP) is 0.758. The number of anilines is 1. The number of hydrogen-bond acceptors (Lipinski definition) is 10. The Morgan fingerprint density at radius 1 is 1.13 bits per heavy atom. The number of nitrogens with one attached hydrogen (secondary N) is 3. The number of hydrogen-bond donors (Lipinski definition) is 3. The second kappa shape index (κ2) is 9.12. The molecule has 0 saturated heterocycles. The highest BCUT2D eigenvalue weighted by atomic mass is 32.2. The van der Waals surface area contributed by atoms with Gasteiger partial charge in [-0.15, -0.1) is 0 Å². The van der Waals surface area contributed by atoms with Gasteiger partial charge in [-0.1, -0.05) is 12.1 Å². The zero-order chi connectivity index (χ0) is 23.4. The minimum atomic E-state index is -4.13. The summed E-state index contributed by atoms with van der Waals surface area (Å²) in [5.74, 6) is -0.508. The van der Waals surface area contributed by atoms with Crippen LogP contribution >= 0.6 is 0 Å². The van der Waals surface area contributed by atoms with Crippen molar-refractivity contribution in [2.75, 3.05) is 33.6 Å². The molecule has 0 saturated carbocycles. The molecule has 1 aromatic heterocycles. The van der Waals surface area contributed by atoms with Gasteiger partial charge in [-0.05, 0) is 12.1 Å². The van der Waals surface area contributed by atoms with Gasteiger partial charge in [0, 0.05) is 14.1 Å². The lowest BCUT2D eigenvalue weighted by atomic mass is 10.3. The van der Waals surface area contributed by atoms with Crippen molar-refractivity contribution in [1.29, 1.82) is 10.0 Å². The van der Waals surface area contributed by atoms with Crippen molar-refractivity contribution in [2.24, 2.45) is 0 Å². The van der Waals surface area contributed by atoms with Gasteiger partial charge in [-0.2, -0.15) is 15.2 Å². The molecule has 0 fully saturated rings. The third-order valence-electron chi connectivity index (χ3n) is 3.73. The summed E-state index contributed by atoms with van der Waals surface area (Å²) in [6, 6.07) is 5.46. The maximum absolute atomic E-state index is 12.9. The summed E-state index contributed by atoms with van der Waals surface area (Å²) in [6.07, 6.45) is 0. The minimum absolute atomic E-state index is 0.182. The summed E-state index contributed by atoms with van der Waals surface area (Å²) in [5.41, 5.74) is -0.245. The van der Waals surface area contributed by atoms with Gasteiger partial charge in [0.25, 0.3) is 0 Å². The maximum atomic E-state index is 12.9. The fourth-order valence-electron chi connectivity index (χ4n) is 2.27. The number of amides is 2. The Balaban J connectivity index is 2.42. The van der Waals surface area contributed by atoms with Crippen molar-refractivity contribution in [3.05, 3.63) is 29.8 Å². The molecule has 1 aromatic carbocycles. The SMILES string of the molecule is COc1nc(NC(=O)NS(=N)(=O)c2ccccc2S(=O)(=O)N(C)C)c(C#N)c(OC)n1. The van der Waals surface area contributed by atoms with Gasteiger partial charge < -0.3 is 9.47 Å². The van der Waals surface area contributed by atoms with E-state index in [0.29, 0.717) is 0 Å². The Hall–Kier alpha value is -3.48. The predicted molar refractivity (Wildman–Crippen MR) is 108 cm³/mol. The molecule has 0 aliphatic carbocycles. The molecule has 2 aromatic rings. The highest BCUT2D eigenvalue weighted by molar-refractivity contribution is 7.93. The summed E-state index contributed by atoms with van der Waals surface area (Å²) in [7, 11) is -3.14. The van der Waals surface area contributed by atoms with E-state index in [2.05, 4.69) is 15.3 Å². The van der Waals surface area contributed by atoms with E-state index in [0.717, 1.165) is 10.4 Å². The number of nitriles is 1. The molecule has 0 spiro atoms. The summed E-state index contributed by atoms with van der Waals surface area (Å²) >= 11 is 0.